The van der Waals surface area contributed by atoms with Crippen molar-refractivity contribution in [1.29, 1.82) is 0 Å². The zero-order valence-corrected chi connectivity index (χ0v) is 13.9. The Morgan fingerprint density at radius 2 is 2.36 bits per heavy atom. The Morgan fingerprint density at radius 1 is 1.52 bits per heavy atom. The van der Waals surface area contributed by atoms with Gasteiger partial charge in [-0.1, -0.05) is 11.3 Å². The van der Waals surface area contributed by atoms with Gasteiger partial charge in [0.1, 0.15) is 0 Å². The SMILES string of the molecule is Cc1c(C(=O)NCC2CCCNC2)nnn1-c1cccc([N+](=O)[O-])c1. The van der Waals surface area contributed by atoms with E-state index in [1.54, 1.807) is 19.1 Å². The normalized spacial score (nSPS) is 17.2. The van der Waals surface area contributed by atoms with Crippen molar-refractivity contribution in [3.63, 3.8) is 0 Å². The number of nitro benzene ring substituents is 1. The second-order valence-corrected chi connectivity index (χ2v) is 6.13. The maximum atomic E-state index is 12.4. The summed E-state index contributed by atoms with van der Waals surface area (Å²) >= 11 is 0. The number of nitrogens with one attached hydrogen (secondary N) is 2. The second kappa shape index (κ2) is 7.39. The number of hydrogen-bond donors (Lipinski definition) is 2. The van der Waals surface area contributed by atoms with Crippen molar-refractivity contribution < 1.29 is 9.72 Å². The number of carbonyl (C=O) groups is 1. The van der Waals surface area contributed by atoms with Gasteiger partial charge in [0.05, 0.1) is 16.3 Å². The number of piperidine rings is 1. The number of benzene rings is 1. The number of non-ortho nitro benzene ring substituents is 1. The molecule has 1 amide bonds. The lowest BCUT2D eigenvalue weighted by atomic mass is 10.00. The van der Waals surface area contributed by atoms with E-state index in [1.807, 2.05) is 0 Å². The molecule has 2 N–H and O–H groups in total. The van der Waals surface area contributed by atoms with Crippen LogP contribution in [-0.2, 0) is 0 Å². The van der Waals surface area contributed by atoms with Crippen LogP contribution < -0.4 is 10.6 Å². The van der Waals surface area contributed by atoms with Crippen molar-refractivity contribution in [2.75, 3.05) is 19.6 Å². The molecule has 0 aliphatic carbocycles. The molecule has 1 aliphatic heterocycles. The predicted molar refractivity (Wildman–Crippen MR) is 90.7 cm³/mol. The van der Waals surface area contributed by atoms with Crippen LogP contribution in [-0.4, -0.2) is 45.5 Å². The fraction of sp³-hybridized carbons (Fsp3) is 0.438. The van der Waals surface area contributed by atoms with Gasteiger partial charge in [-0.3, -0.25) is 14.9 Å². The average molecular weight is 344 g/mol. The van der Waals surface area contributed by atoms with Crippen molar-refractivity contribution >= 4 is 11.6 Å². The number of nitro groups is 1. The summed E-state index contributed by atoms with van der Waals surface area (Å²) < 4.78 is 1.43. The molecule has 0 bridgehead atoms. The molecule has 9 heteroatoms. The summed E-state index contributed by atoms with van der Waals surface area (Å²) in [5.74, 6) is 0.143. The molecule has 9 nitrogen and oxygen atoms in total. The smallest absolute Gasteiger partial charge is 0.273 e. The van der Waals surface area contributed by atoms with E-state index in [9.17, 15) is 14.9 Å². The van der Waals surface area contributed by atoms with Crippen LogP contribution in [0.5, 0.6) is 0 Å². The lowest BCUT2D eigenvalue weighted by Gasteiger charge is -2.22. The molecule has 2 heterocycles. The first-order chi connectivity index (χ1) is 12.1. The van der Waals surface area contributed by atoms with Crippen molar-refractivity contribution in [3.05, 3.63) is 45.8 Å². The highest BCUT2D eigenvalue weighted by molar-refractivity contribution is 5.93. The molecular formula is C16H20N6O3. The summed E-state index contributed by atoms with van der Waals surface area (Å²) in [6.45, 7) is 4.24. The van der Waals surface area contributed by atoms with Gasteiger partial charge in [0.15, 0.2) is 5.69 Å². The van der Waals surface area contributed by atoms with E-state index in [2.05, 4.69) is 20.9 Å². The van der Waals surface area contributed by atoms with Gasteiger partial charge in [0.25, 0.3) is 11.6 Å². The van der Waals surface area contributed by atoms with Crippen LogP contribution in [0.25, 0.3) is 5.69 Å². The third kappa shape index (κ3) is 3.82. The molecule has 1 atom stereocenters. The predicted octanol–water partition coefficient (Wildman–Crippen LogP) is 1.21. The van der Waals surface area contributed by atoms with Gasteiger partial charge < -0.3 is 10.6 Å². The van der Waals surface area contributed by atoms with E-state index in [-0.39, 0.29) is 17.3 Å². The molecule has 0 spiro atoms. The standard InChI is InChI=1S/C16H20N6O3/c1-11-15(16(23)18-10-12-4-3-7-17-9-12)19-20-21(11)13-5-2-6-14(8-13)22(24)25/h2,5-6,8,12,17H,3-4,7,9-10H2,1H3,(H,18,23). The third-order valence-electron chi connectivity index (χ3n) is 4.35. The van der Waals surface area contributed by atoms with Crippen molar-refractivity contribution in [2.45, 2.75) is 19.8 Å². The second-order valence-electron chi connectivity index (χ2n) is 6.13. The van der Waals surface area contributed by atoms with E-state index >= 15 is 0 Å². The van der Waals surface area contributed by atoms with Gasteiger partial charge in [-0.2, -0.15) is 0 Å². The number of amides is 1. The number of rotatable bonds is 5. The lowest BCUT2D eigenvalue weighted by molar-refractivity contribution is -0.384. The van der Waals surface area contributed by atoms with Crippen LogP contribution in [0.3, 0.4) is 0 Å². The number of aromatic nitrogens is 3. The monoisotopic (exact) mass is 344 g/mol. The van der Waals surface area contributed by atoms with Crippen molar-refractivity contribution in [1.82, 2.24) is 25.6 Å². The third-order valence-corrected chi connectivity index (χ3v) is 4.35. The zero-order valence-electron chi connectivity index (χ0n) is 13.9. The first-order valence-electron chi connectivity index (χ1n) is 8.22. The molecule has 0 radical (unpaired) electrons. The molecule has 2 aromatic rings. The van der Waals surface area contributed by atoms with E-state index < -0.39 is 4.92 Å². The van der Waals surface area contributed by atoms with Gasteiger partial charge in [-0.05, 0) is 44.8 Å². The molecule has 1 saturated heterocycles. The Hall–Kier alpha value is -2.81. The molecule has 3 rings (SSSR count). The van der Waals surface area contributed by atoms with Crippen LogP contribution in [0.2, 0.25) is 0 Å². The van der Waals surface area contributed by atoms with Crippen LogP contribution in [0.1, 0.15) is 29.0 Å². The highest BCUT2D eigenvalue weighted by Gasteiger charge is 2.20. The fourth-order valence-electron chi connectivity index (χ4n) is 2.94. The summed E-state index contributed by atoms with van der Waals surface area (Å²) in [7, 11) is 0. The van der Waals surface area contributed by atoms with E-state index in [0.717, 1.165) is 25.9 Å². The molecule has 25 heavy (non-hydrogen) atoms. The van der Waals surface area contributed by atoms with Gasteiger partial charge in [-0.15, -0.1) is 5.10 Å². The average Bonchev–Trinajstić information content (AvgIpc) is 3.02. The van der Waals surface area contributed by atoms with Crippen molar-refractivity contribution in [2.24, 2.45) is 5.92 Å². The van der Waals surface area contributed by atoms with E-state index in [1.165, 1.54) is 16.8 Å². The molecule has 1 fully saturated rings. The zero-order chi connectivity index (χ0) is 17.8. The summed E-state index contributed by atoms with van der Waals surface area (Å²) in [6, 6.07) is 6.06. The Kier molecular flexibility index (Phi) is 5.03. The molecule has 1 aromatic carbocycles. The Bertz CT molecular complexity index is 782. The van der Waals surface area contributed by atoms with Crippen LogP contribution in [0, 0.1) is 23.0 Å². The van der Waals surface area contributed by atoms with Crippen LogP contribution >= 0.6 is 0 Å². The topological polar surface area (TPSA) is 115 Å². The van der Waals surface area contributed by atoms with E-state index in [4.69, 9.17) is 0 Å². The lowest BCUT2D eigenvalue weighted by Crippen LogP contribution is -2.38. The van der Waals surface area contributed by atoms with Gasteiger partial charge in [0.2, 0.25) is 0 Å². The molecule has 1 aliphatic rings. The Labute approximate surface area is 144 Å². The summed E-state index contributed by atoms with van der Waals surface area (Å²) in [5, 5.41) is 25.0. The summed E-state index contributed by atoms with van der Waals surface area (Å²) in [6.07, 6.45) is 2.20. The molecule has 1 aromatic heterocycles. The number of nitrogens with zero attached hydrogens (tertiary/aromatic N) is 4. The fourth-order valence-corrected chi connectivity index (χ4v) is 2.94. The molecule has 132 valence electrons. The molecular weight excluding hydrogens is 324 g/mol. The maximum Gasteiger partial charge on any atom is 0.273 e. The van der Waals surface area contributed by atoms with Crippen molar-refractivity contribution in [3.8, 4) is 5.69 Å². The minimum absolute atomic E-state index is 0.0387. The number of carbonyl (C=O) groups excluding carboxylic acids is 1. The highest BCUT2D eigenvalue weighted by Crippen LogP contribution is 2.18. The largest absolute Gasteiger partial charge is 0.350 e. The maximum absolute atomic E-state index is 12.4. The minimum atomic E-state index is -0.471. The van der Waals surface area contributed by atoms with Gasteiger partial charge in [-0.25, -0.2) is 4.68 Å². The van der Waals surface area contributed by atoms with Gasteiger partial charge in [0, 0.05) is 18.7 Å². The summed E-state index contributed by atoms with van der Waals surface area (Å²) in [5.41, 5.74) is 1.23. The number of hydrogen-bond acceptors (Lipinski definition) is 6. The quantitative estimate of drug-likeness (QED) is 0.622. The van der Waals surface area contributed by atoms with Gasteiger partial charge >= 0.3 is 0 Å². The molecule has 1 unspecified atom stereocenters. The highest BCUT2D eigenvalue weighted by atomic mass is 16.6. The first kappa shape index (κ1) is 17.0. The van der Waals surface area contributed by atoms with Crippen LogP contribution in [0.15, 0.2) is 24.3 Å². The Balaban J connectivity index is 1.73. The van der Waals surface area contributed by atoms with Crippen LogP contribution in [0.4, 0.5) is 5.69 Å². The molecule has 0 saturated carbocycles. The Morgan fingerprint density at radius 3 is 3.08 bits per heavy atom. The van der Waals surface area contributed by atoms with E-state index in [0.29, 0.717) is 23.8 Å². The minimum Gasteiger partial charge on any atom is -0.350 e. The summed E-state index contributed by atoms with van der Waals surface area (Å²) in [4.78, 5) is 22.8. The first-order valence-corrected chi connectivity index (χ1v) is 8.22.